The molecular formula is C31H40N6O4. The number of Topliss-reactive ketones (excluding diaryl/α,β-unsaturated/α-hetero) is 1. The monoisotopic (exact) mass is 560 g/mol. The van der Waals surface area contributed by atoms with E-state index in [2.05, 4.69) is 38.5 Å². The number of hydrogen-bond donors (Lipinski definition) is 2. The average Bonchev–Trinajstić information content (AvgIpc) is 2.91. The lowest BCUT2D eigenvalue weighted by atomic mass is 9.72. The molecular weight excluding hydrogens is 520 g/mol. The second-order valence-corrected chi connectivity index (χ2v) is 11.3. The molecule has 41 heavy (non-hydrogen) atoms. The van der Waals surface area contributed by atoms with Gasteiger partial charge in [-0.2, -0.15) is 10.2 Å². The van der Waals surface area contributed by atoms with Crippen molar-refractivity contribution < 1.29 is 19.1 Å². The summed E-state index contributed by atoms with van der Waals surface area (Å²) in [5, 5.41) is 15.5. The van der Waals surface area contributed by atoms with Crippen molar-refractivity contribution in [2.75, 3.05) is 37.9 Å². The molecule has 218 valence electrons. The van der Waals surface area contributed by atoms with Gasteiger partial charge in [0, 0.05) is 45.3 Å². The predicted molar refractivity (Wildman–Crippen MR) is 158 cm³/mol. The maximum atomic E-state index is 12.8. The Morgan fingerprint density at radius 2 is 1.93 bits per heavy atom. The van der Waals surface area contributed by atoms with Crippen molar-refractivity contribution in [3.63, 3.8) is 0 Å². The Hall–Kier alpha value is -4.15. The van der Waals surface area contributed by atoms with Gasteiger partial charge in [0.15, 0.2) is 5.78 Å². The van der Waals surface area contributed by atoms with Gasteiger partial charge in [0.2, 0.25) is 5.95 Å². The summed E-state index contributed by atoms with van der Waals surface area (Å²) in [5.74, 6) is 8.05. The van der Waals surface area contributed by atoms with E-state index in [1.165, 1.54) is 4.90 Å². The number of hydrogen-bond acceptors (Lipinski definition) is 9. The molecule has 1 aliphatic carbocycles. The van der Waals surface area contributed by atoms with E-state index in [0.29, 0.717) is 42.5 Å². The molecule has 0 spiro atoms. The largest absolute Gasteiger partial charge is 0.444 e. The van der Waals surface area contributed by atoms with Gasteiger partial charge in [0.05, 0.1) is 29.4 Å². The molecule has 1 aromatic heterocycles. The number of amides is 1. The lowest BCUT2D eigenvalue weighted by Crippen LogP contribution is -2.44. The van der Waals surface area contributed by atoms with Crippen molar-refractivity contribution >= 4 is 29.3 Å². The zero-order valence-electron chi connectivity index (χ0n) is 24.8. The number of ketones is 1. The van der Waals surface area contributed by atoms with E-state index in [9.17, 15) is 9.59 Å². The lowest BCUT2D eigenvalue weighted by molar-refractivity contribution is -0.125. The summed E-state index contributed by atoms with van der Waals surface area (Å²) in [4.78, 5) is 35.5. The fraction of sp³-hybridized carbons (Fsp3) is 0.516. The van der Waals surface area contributed by atoms with Gasteiger partial charge in [-0.3, -0.25) is 4.79 Å². The predicted octanol–water partition coefficient (Wildman–Crippen LogP) is 5.13. The molecule has 1 aromatic carbocycles. The van der Waals surface area contributed by atoms with E-state index in [1.54, 1.807) is 72.3 Å². The highest BCUT2D eigenvalue weighted by Gasteiger charge is 2.33. The number of nitrogens with one attached hydrogen (secondary N) is 2. The van der Waals surface area contributed by atoms with Crippen molar-refractivity contribution in [1.82, 2.24) is 14.9 Å². The smallest absolute Gasteiger partial charge is 0.410 e. The third-order valence-corrected chi connectivity index (χ3v) is 6.74. The van der Waals surface area contributed by atoms with Crippen LogP contribution in [0.4, 0.5) is 22.2 Å². The van der Waals surface area contributed by atoms with Gasteiger partial charge >= 0.3 is 6.09 Å². The molecule has 1 amide bonds. The van der Waals surface area contributed by atoms with E-state index in [1.807, 2.05) is 0 Å². The molecule has 1 atom stereocenters. The summed E-state index contributed by atoms with van der Waals surface area (Å²) >= 11 is 0. The van der Waals surface area contributed by atoms with Gasteiger partial charge in [0.25, 0.3) is 0 Å². The highest BCUT2D eigenvalue weighted by atomic mass is 16.6. The van der Waals surface area contributed by atoms with Gasteiger partial charge in [-0.1, -0.05) is 11.8 Å². The van der Waals surface area contributed by atoms with Gasteiger partial charge in [-0.25, -0.2) is 9.78 Å². The summed E-state index contributed by atoms with van der Waals surface area (Å²) in [6.45, 7) is 8.44. The van der Waals surface area contributed by atoms with Crippen molar-refractivity contribution in [3.8, 4) is 17.9 Å². The molecule has 2 N–H and O–H groups in total. The Morgan fingerprint density at radius 3 is 2.56 bits per heavy atom. The lowest BCUT2D eigenvalue weighted by Gasteiger charge is -2.33. The molecule has 0 bridgehead atoms. The molecule has 10 heteroatoms. The minimum atomic E-state index is -0.611. The first-order valence-electron chi connectivity index (χ1n) is 13.9. The number of likely N-dealkylation sites (N-methyl/N-ethyl adjacent to an activating group) is 1. The minimum absolute atomic E-state index is 0.0241. The number of rotatable bonds is 11. The molecule has 10 nitrogen and oxygen atoms in total. The zero-order chi connectivity index (χ0) is 30.0. The normalized spacial score (nSPS) is 16.7. The van der Waals surface area contributed by atoms with Crippen LogP contribution in [0.1, 0.15) is 64.5 Å². The van der Waals surface area contributed by atoms with Gasteiger partial charge in [0.1, 0.15) is 11.4 Å². The van der Waals surface area contributed by atoms with Gasteiger partial charge < -0.3 is 25.0 Å². The highest BCUT2D eigenvalue weighted by Crippen LogP contribution is 2.36. The van der Waals surface area contributed by atoms with Crippen molar-refractivity contribution in [2.24, 2.45) is 11.8 Å². The summed E-state index contributed by atoms with van der Waals surface area (Å²) < 4.78 is 10.5. The van der Waals surface area contributed by atoms with Crippen LogP contribution < -0.4 is 10.6 Å². The second kappa shape index (κ2) is 14.5. The Morgan fingerprint density at radius 1 is 1.22 bits per heavy atom. The van der Waals surface area contributed by atoms with Crippen molar-refractivity contribution in [2.45, 2.75) is 65.0 Å². The first kappa shape index (κ1) is 31.4. The average molecular weight is 561 g/mol. The number of ether oxygens (including phenoxy) is 2. The van der Waals surface area contributed by atoms with Crippen LogP contribution in [0.3, 0.4) is 0 Å². The third-order valence-electron chi connectivity index (χ3n) is 6.74. The summed E-state index contributed by atoms with van der Waals surface area (Å²) in [6.07, 6.45) is 4.08. The van der Waals surface area contributed by atoms with Crippen LogP contribution >= 0.6 is 0 Å². The molecule has 0 radical (unpaired) electrons. The number of benzene rings is 1. The van der Waals surface area contributed by atoms with Gasteiger partial charge in [-0.15, -0.1) is 0 Å². The fourth-order valence-electron chi connectivity index (χ4n) is 4.21. The number of nitriles is 1. The Bertz CT molecular complexity index is 1300. The van der Waals surface area contributed by atoms with Gasteiger partial charge in [-0.05, 0) is 77.1 Å². The molecule has 0 aliphatic heterocycles. The molecule has 1 saturated carbocycles. The number of anilines is 3. The van der Waals surface area contributed by atoms with E-state index < -0.39 is 17.7 Å². The van der Waals surface area contributed by atoms with E-state index in [4.69, 9.17) is 14.7 Å². The molecule has 1 fully saturated rings. The Balaban J connectivity index is 1.59. The maximum absolute atomic E-state index is 12.8. The molecule has 1 aliphatic rings. The molecule has 3 rings (SSSR count). The van der Waals surface area contributed by atoms with Crippen LogP contribution in [0.2, 0.25) is 0 Å². The summed E-state index contributed by atoms with van der Waals surface area (Å²) in [6, 6.07) is 8.61. The van der Waals surface area contributed by atoms with Crippen molar-refractivity contribution in [3.05, 3.63) is 41.6 Å². The Labute approximate surface area is 242 Å². The van der Waals surface area contributed by atoms with E-state index in [-0.39, 0.29) is 17.6 Å². The second-order valence-electron chi connectivity index (χ2n) is 11.3. The van der Waals surface area contributed by atoms with Crippen LogP contribution in [-0.2, 0) is 14.3 Å². The molecule has 0 saturated heterocycles. The summed E-state index contributed by atoms with van der Waals surface area (Å²) in [7, 11) is 3.26. The molecule has 2 aromatic rings. The van der Waals surface area contributed by atoms with Crippen LogP contribution in [0.25, 0.3) is 0 Å². The van der Waals surface area contributed by atoms with E-state index >= 15 is 0 Å². The van der Waals surface area contributed by atoms with E-state index in [0.717, 1.165) is 24.9 Å². The van der Waals surface area contributed by atoms with Crippen LogP contribution in [0.15, 0.2) is 30.5 Å². The number of methoxy groups -OCH3 is 1. The minimum Gasteiger partial charge on any atom is -0.444 e. The highest BCUT2D eigenvalue weighted by molar-refractivity contribution is 5.87. The summed E-state index contributed by atoms with van der Waals surface area (Å²) in [5.41, 5.74) is 1.43. The van der Waals surface area contributed by atoms with Crippen LogP contribution in [0.5, 0.6) is 0 Å². The fourth-order valence-corrected chi connectivity index (χ4v) is 4.21. The maximum Gasteiger partial charge on any atom is 0.410 e. The zero-order valence-corrected chi connectivity index (χ0v) is 24.8. The standard InChI is InChI=1S/C31H40N6O4/c1-21(37(5)30(39)41-31(2,3)4)27(38)18-24-16-23(17-24)8-11-25-20-34-29(36-28(25)33-14-7-15-40-6)35-26-12-9-22(19-32)10-13-26/h9-10,12-13,20-21,23-24H,7,14-18H2,1-6H3,(H2,33,34,35,36)/t21-,23?,24?/m0/s1. The molecule has 1 heterocycles. The first-order valence-corrected chi connectivity index (χ1v) is 13.9. The number of carbonyl (C=O) groups is 2. The Kier molecular flexibility index (Phi) is 11.1. The quantitative estimate of drug-likeness (QED) is 0.284. The third kappa shape index (κ3) is 9.77. The number of carbonyl (C=O) groups excluding carboxylic acids is 2. The first-order chi connectivity index (χ1) is 19.5. The SMILES string of the molecule is COCCCNc1nc(Nc2ccc(C#N)cc2)ncc1C#CC1CC(CC(=O)[C@H](C)N(C)C(=O)OC(C)(C)C)C1. The van der Waals surface area contributed by atoms with Crippen LogP contribution in [0, 0.1) is 35.0 Å². The topological polar surface area (TPSA) is 129 Å². The molecule has 0 unspecified atom stereocenters. The number of aromatic nitrogens is 2. The van der Waals surface area contributed by atoms with Crippen molar-refractivity contribution in [1.29, 1.82) is 5.26 Å². The number of nitrogens with zero attached hydrogens (tertiary/aromatic N) is 4. The van der Waals surface area contributed by atoms with Crippen LogP contribution in [-0.4, -0.2) is 65.7 Å².